The van der Waals surface area contributed by atoms with Gasteiger partial charge in [0.25, 0.3) is 0 Å². The standard InChI is InChI=1S/C10H14N14O2/c11-17-13-5-9-7-21(19-15-9)1-3-23(24(25)26)4-2-22-8-10(16-20-22)6-14-18-12/h7-8H,1-6H2. The Kier molecular flexibility index (Phi) is 6.67. The summed E-state index contributed by atoms with van der Waals surface area (Å²) in [5.74, 6) is 0. The van der Waals surface area contributed by atoms with E-state index < -0.39 is 5.03 Å². The van der Waals surface area contributed by atoms with E-state index in [-0.39, 0.29) is 39.3 Å². The molecule has 0 saturated carbocycles. The van der Waals surface area contributed by atoms with Crippen molar-refractivity contribution < 1.29 is 5.03 Å². The van der Waals surface area contributed by atoms with E-state index in [1.54, 1.807) is 12.4 Å². The Hall–Kier alpha value is -3.90. The zero-order valence-corrected chi connectivity index (χ0v) is 13.5. The molecule has 2 rings (SSSR count). The molecule has 2 heterocycles. The SMILES string of the molecule is [N-]=[N+]=NCc1cn(CCN(CCn2cc(CN=[N+]=[N-])nn2)[N+](=O)[O-])nn1. The van der Waals surface area contributed by atoms with Crippen molar-refractivity contribution in [3.8, 4) is 0 Å². The molecular formula is C10H14N14O2. The first-order valence-electron chi connectivity index (χ1n) is 7.31. The van der Waals surface area contributed by atoms with E-state index in [2.05, 4.69) is 40.7 Å². The lowest BCUT2D eigenvalue weighted by molar-refractivity contribution is -0.656. The Bertz CT molecular complexity index is 766. The first-order valence-corrected chi connectivity index (χ1v) is 7.31. The summed E-state index contributed by atoms with van der Waals surface area (Å²) < 4.78 is 2.87. The van der Waals surface area contributed by atoms with Crippen LogP contribution in [-0.2, 0) is 26.2 Å². The second kappa shape index (κ2) is 9.41. The number of rotatable bonds is 11. The molecule has 0 aliphatic rings. The predicted octanol–water partition coefficient (Wildman–Crippen LogP) is 0.684. The lowest BCUT2D eigenvalue weighted by Gasteiger charge is -2.13. The van der Waals surface area contributed by atoms with Gasteiger partial charge in [0.05, 0.1) is 50.7 Å². The molecule has 16 heteroatoms. The van der Waals surface area contributed by atoms with E-state index in [9.17, 15) is 10.1 Å². The van der Waals surface area contributed by atoms with Gasteiger partial charge < -0.3 is 0 Å². The van der Waals surface area contributed by atoms with Gasteiger partial charge in [-0.1, -0.05) is 20.7 Å². The summed E-state index contributed by atoms with van der Waals surface area (Å²) in [5.41, 5.74) is 17.5. The maximum atomic E-state index is 11.2. The van der Waals surface area contributed by atoms with Crippen molar-refractivity contribution in [2.75, 3.05) is 13.1 Å². The maximum Gasteiger partial charge on any atom is 0.160 e. The zero-order chi connectivity index (χ0) is 18.8. The van der Waals surface area contributed by atoms with E-state index in [1.807, 2.05) is 0 Å². The largest absolute Gasteiger partial charge is 0.250 e. The molecule has 0 atom stereocenters. The van der Waals surface area contributed by atoms with Crippen LogP contribution >= 0.6 is 0 Å². The van der Waals surface area contributed by atoms with Gasteiger partial charge in [-0.25, -0.2) is 10.1 Å². The van der Waals surface area contributed by atoms with E-state index in [1.165, 1.54) is 9.36 Å². The maximum absolute atomic E-state index is 11.2. The summed E-state index contributed by atoms with van der Waals surface area (Å²) in [7, 11) is 0. The minimum absolute atomic E-state index is 0.0694. The second-order valence-corrected chi connectivity index (χ2v) is 4.92. The minimum atomic E-state index is -0.504. The summed E-state index contributed by atoms with van der Waals surface area (Å²) in [6, 6.07) is 0. The molecule has 2 aromatic rings. The van der Waals surface area contributed by atoms with Gasteiger partial charge in [0.1, 0.15) is 0 Å². The molecule has 0 aliphatic carbocycles. The first kappa shape index (κ1) is 18.4. The topological polar surface area (TPSA) is 205 Å². The van der Waals surface area contributed by atoms with E-state index in [0.717, 1.165) is 5.01 Å². The molecule has 0 radical (unpaired) electrons. The summed E-state index contributed by atoms with van der Waals surface area (Å²) >= 11 is 0. The lowest BCUT2D eigenvalue weighted by Crippen LogP contribution is -2.36. The van der Waals surface area contributed by atoms with Gasteiger partial charge in [-0.2, -0.15) is 0 Å². The van der Waals surface area contributed by atoms with Gasteiger partial charge in [0, 0.05) is 22.2 Å². The summed E-state index contributed by atoms with van der Waals surface area (Å²) in [6.07, 6.45) is 3.12. The molecule has 16 nitrogen and oxygen atoms in total. The molecule has 0 amide bonds. The molecule has 0 spiro atoms. The van der Waals surface area contributed by atoms with Crippen LogP contribution in [0, 0.1) is 10.1 Å². The highest BCUT2D eigenvalue weighted by atomic mass is 16.7. The van der Waals surface area contributed by atoms with Crippen LogP contribution in [0.2, 0.25) is 0 Å². The average Bonchev–Trinajstić information content (AvgIpc) is 3.27. The third-order valence-electron chi connectivity index (χ3n) is 3.17. The highest BCUT2D eigenvalue weighted by Gasteiger charge is 2.15. The van der Waals surface area contributed by atoms with Crippen LogP contribution in [-0.4, -0.2) is 53.1 Å². The fourth-order valence-corrected chi connectivity index (χ4v) is 1.96. The number of azide groups is 2. The summed E-state index contributed by atoms with van der Waals surface area (Å²) in [6.45, 7) is 0.808. The van der Waals surface area contributed by atoms with Gasteiger partial charge in [-0.15, -0.1) is 15.2 Å². The van der Waals surface area contributed by atoms with Gasteiger partial charge in [-0.05, 0) is 11.1 Å². The summed E-state index contributed by atoms with van der Waals surface area (Å²) in [5, 5.41) is 33.6. The number of aromatic nitrogens is 6. The van der Waals surface area contributed by atoms with Crippen LogP contribution in [0.1, 0.15) is 11.4 Å². The third kappa shape index (κ3) is 5.63. The van der Waals surface area contributed by atoms with Crippen molar-refractivity contribution in [2.24, 2.45) is 10.2 Å². The first-order chi connectivity index (χ1) is 12.6. The van der Waals surface area contributed by atoms with Crippen molar-refractivity contribution in [3.05, 3.63) is 54.8 Å². The molecule has 0 N–H and O–H groups in total. The van der Waals surface area contributed by atoms with E-state index in [4.69, 9.17) is 11.1 Å². The molecule has 136 valence electrons. The third-order valence-corrected chi connectivity index (χ3v) is 3.17. The number of nitro groups is 1. The molecule has 2 aromatic heterocycles. The lowest BCUT2D eigenvalue weighted by atomic mass is 10.4. The van der Waals surface area contributed by atoms with Crippen molar-refractivity contribution in [3.63, 3.8) is 0 Å². The van der Waals surface area contributed by atoms with Crippen LogP contribution in [0.4, 0.5) is 0 Å². The molecule has 0 unspecified atom stereocenters. The van der Waals surface area contributed by atoms with E-state index >= 15 is 0 Å². The van der Waals surface area contributed by atoms with Gasteiger partial charge in [0.15, 0.2) is 5.03 Å². The smallest absolute Gasteiger partial charge is 0.160 e. The minimum Gasteiger partial charge on any atom is -0.250 e. The number of hydrazine groups is 1. The number of hydrogen-bond donors (Lipinski definition) is 0. The molecular weight excluding hydrogens is 348 g/mol. The molecule has 0 fully saturated rings. The zero-order valence-electron chi connectivity index (χ0n) is 13.5. The molecule has 0 aromatic carbocycles. The normalized spacial score (nSPS) is 10.0. The average molecular weight is 362 g/mol. The Labute approximate surface area is 145 Å². The Morgan fingerprint density at radius 3 is 1.88 bits per heavy atom. The fraction of sp³-hybridized carbons (Fsp3) is 0.600. The molecule has 0 aliphatic heterocycles. The molecule has 0 saturated heterocycles. The van der Waals surface area contributed by atoms with Crippen LogP contribution < -0.4 is 0 Å². The predicted molar refractivity (Wildman–Crippen MR) is 84.3 cm³/mol. The quantitative estimate of drug-likeness (QED) is 0.183. The Morgan fingerprint density at radius 2 is 1.50 bits per heavy atom. The van der Waals surface area contributed by atoms with Crippen LogP contribution in [0.15, 0.2) is 22.6 Å². The van der Waals surface area contributed by atoms with Crippen molar-refractivity contribution in [1.82, 2.24) is 35.0 Å². The molecule has 0 bridgehead atoms. The van der Waals surface area contributed by atoms with Crippen LogP contribution in [0.25, 0.3) is 20.9 Å². The van der Waals surface area contributed by atoms with Gasteiger partial charge in [-0.3, -0.25) is 9.36 Å². The van der Waals surface area contributed by atoms with Gasteiger partial charge in [0.2, 0.25) is 0 Å². The van der Waals surface area contributed by atoms with Crippen molar-refractivity contribution in [1.29, 1.82) is 0 Å². The van der Waals surface area contributed by atoms with Crippen molar-refractivity contribution >= 4 is 0 Å². The monoisotopic (exact) mass is 362 g/mol. The highest BCUT2D eigenvalue weighted by Crippen LogP contribution is 2.00. The second-order valence-electron chi connectivity index (χ2n) is 4.92. The van der Waals surface area contributed by atoms with Gasteiger partial charge >= 0.3 is 0 Å². The number of hydrogen-bond acceptors (Lipinski definition) is 8. The highest BCUT2D eigenvalue weighted by molar-refractivity contribution is 4.92. The van der Waals surface area contributed by atoms with Crippen LogP contribution in [0.3, 0.4) is 0 Å². The Balaban J connectivity index is 1.85. The Morgan fingerprint density at radius 1 is 1.04 bits per heavy atom. The number of nitrogens with zero attached hydrogens (tertiary/aromatic N) is 14. The molecule has 26 heavy (non-hydrogen) atoms. The van der Waals surface area contributed by atoms with Crippen molar-refractivity contribution in [2.45, 2.75) is 26.2 Å². The van der Waals surface area contributed by atoms with Crippen LogP contribution in [0.5, 0.6) is 0 Å². The fourth-order valence-electron chi connectivity index (χ4n) is 1.96. The summed E-state index contributed by atoms with van der Waals surface area (Å²) in [4.78, 5) is 16.4. The van der Waals surface area contributed by atoms with E-state index in [0.29, 0.717) is 11.4 Å².